The average molecular weight is 295 g/mol. The van der Waals surface area contributed by atoms with Crippen molar-refractivity contribution in [3.05, 3.63) is 21.9 Å². The summed E-state index contributed by atoms with van der Waals surface area (Å²) in [7, 11) is 0. The van der Waals surface area contributed by atoms with E-state index < -0.39 is 0 Å². The molecule has 2 atom stereocenters. The van der Waals surface area contributed by atoms with Gasteiger partial charge in [-0.1, -0.05) is 19.8 Å². The van der Waals surface area contributed by atoms with Gasteiger partial charge in [-0.15, -0.1) is 11.3 Å². The Labute approximate surface area is 124 Å². The van der Waals surface area contributed by atoms with Gasteiger partial charge in [-0.2, -0.15) is 5.10 Å². The molecule has 0 bridgehead atoms. The Kier molecular flexibility index (Phi) is 5.34. The van der Waals surface area contributed by atoms with Gasteiger partial charge in [0.05, 0.1) is 6.21 Å². The molecule has 0 aromatic carbocycles. The molecule has 104 valence electrons. The topological polar surface area (TPSA) is 36.4 Å². The molecule has 1 saturated carbocycles. The van der Waals surface area contributed by atoms with Crippen LogP contribution in [0.1, 0.15) is 42.4 Å². The highest BCUT2D eigenvalue weighted by Gasteiger charge is 2.21. The number of rotatable bonds is 3. The molecule has 5 heteroatoms. The van der Waals surface area contributed by atoms with Crippen molar-refractivity contribution < 1.29 is 0 Å². The predicted molar refractivity (Wildman–Crippen MR) is 86.9 cm³/mol. The van der Waals surface area contributed by atoms with Gasteiger partial charge in [-0.05, 0) is 50.0 Å². The number of hydrazone groups is 1. The molecule has 0 amide bonds. The molecule has 1 heterocycles. The summed E-state index contributed by atoms with van der Waals surface area (Å²) < 4.78 is 0. The maximum Gasteiger partial charge on any atom is 0.187 e. The first kappa shape index (κ1) is 14.5. The molecule has 0 unspecified atom stereocenters. The number of aryl methyl sites for hydroxylation is 1. The normalized spacial score (nSPS) is 23.5. The van der Waals surface area contributed by atoms with Crippen molar-refractivity contribution in [1.29, 1.82) is 0 Å². The van der Waals surface area contributed by atoms with Gasteiger partial charge < -0.3 is 5.32 Å². The van der Waals surface area contributed by atoms with Crippen LogP contribution < -0.4 is 10.7 Å². The Morgan fingerprint density at radius 2 is 2.21 bits per heavy atom. The van der Waals surface area contributed by atoms with Gasteiger partial charge in [0.25, 0.3) is 0 Å². The number of thiophene rings is 1. The summed E-state index contributed by atoms with van der Waals surface area (Å²) in [6.07, 6.45) is 6.95. The molecular weight excluding hydrogens is 274 g/mol. The van der Waals surface area contributed by atoms with Crippen LogP contribution in [0.2, 0.25) is 0 Å². The van der Waals surface area contributed by atoms with E-state index in [1.807, 2.05) is 6.21 Å². The molecule has 2 rings (SSSR count). The minimum atomic E-state index is 0.493. The van der Waals surface area contributed by atoms with Crippen molar-refractivity contribution in [2.75, 3.05) is 0 Å². The fourth-order valence-corrected chi connectivity index (χ4v) is 3.36. The number of hydrogen-bond acceptors (Lipinski definition) is 3. The smallest absolute Gasteiger partial charge is 0.187 e. The first-order chi connectivity index (χ1) is 9.15. The van der Waals surface area contributed by atoms with E-state index in [2.05, 4.69) is 41.8 Å². The Bertz CT molecular complexity index is 453. The molecule has 1 aliphatic carbocycles. The summed E-state index contributed by atoms with van der Waals surface area (Å²) in [6, 6.07) is 4.64. The third-order valence-corrected chi connectivity index (χ3v) is 4.69. The average Bonchev–Trinajstić information content (AvgIpc) is 2.78. The van der Waals surface area contributed by atoms with E-state index >= 15 is 0 Å². The zero-order valence-electron chi connectivity index (χ0n) is 11.5. The maximum absolute atomic E-state index is 5.28. The largest absolute Gasteiger partial charge is 0.358 e. The highest BCUT2D eigenvalue weighted by atomic mass is 32.1. The van der Waals surface area contributed by atoms with Crippen LogP contribution in [0.25, 0.3) is 0 Å². The maximum atomic E-state index is 5.28. The van der Waals surface area contributed by atoms with Crippen LogP contribution >= 0.6 is 23.6 Å². The standard InChI is InChI=1S/C14H21N3S2/c1-10-5-3-4-6-13(10)16-14(18)17-15-9-12-8-7-11(2)19-12/h7-10,13H,3-6H2,1-2H3,(H2,16,17,18)/b15-9-/t10-,13-/m1/s1. The van der Waals surface area contributed by atoms with E-state index in [1.54, 1.807) is 11.3 Å². The molecular formula is C14H21N3S2. The summed E-state index contributed by atoms with van der Waals surface area (Å²) in [5.41, 5.74) is 2.90. The van der Waals surface area contributed by atoms with Crippen molar-refractivity contribution in [3.63, 3.8) is 0 Å². The second kappa shape index (κ2) is 7.01. The van der Waals surface area contributed by atoms with Gasteiger partial charge in [0.1, 0.15) is 0 Å². The fourth-order valence-electron chi connectivity index (χ4n) is 2.41. The molecule has 1 aromatic rings. The van der Waals surface area contributed by atoms with E-state index in [-0.39, 0.29) is 0 Å². The zero-order valence-corrected chi connectivity index (χ0v) is 13.1. The molecule has 1 fully saturated rings. The molecule has 0 radical (unpaired) electrons. The van der Waals surface area contributed by atoms with Gasteiger partial charge in [0.2, 0.25) is 0 Å². The lowest BCUT2D eigenvalue weighted by atomic mass is 9.86. The molecule has 0 saturated heterocycles. The quantitative estimate of drug-likeness (QED) is 0.509. The van der Waals surface area contributed by atoms with Crippen molar-refractivity contribution in [2.24, 2.45) is 11.0 Å². The molecule has 2 N–H and O–H groups in total. The number of nitrogens with zero attached hydrogens (tertiary/aromatic N) is 1. The van der Waals surface area contributed by atoms with Crippen LogP contribution in [0.3, 0.4) is 0 Å². The summed E-state index contributed by atoms with van der Waals surface area (Å²) in [5, 5.41) is 8.18. The second-order valence-electron chi connectivity index (χ2n) is 5.16. The van der Waals surface area contributed by atoms with E-state index in [1.165, 1.54) is 30.6 Å². The summed E-state index contributed by atoms with van der Waals surface area (Å²) >= 11 is 7.00. The minimum absolute atomic E-state index is 0.493. The second-order valence-corrected chi connectivity index (χ2v) is 6.89. The third-order valence-electron chi connectivity index (χ3n) is 3.55. The van der Waals surface area contributed by atoms with Gasteiger partial charge >= 0.3 is 0 Å². The van der Waals surface area contributed by atoms with E-state index in [9.17, 15) is 0 Å². The summed E-state index contributed by atoms with van der Waals surface area (Å²) in [6.45, 7) is 4.38. The van der Waals surface area contributed by atoms with Crippen LogP contribution in [0, 0.1) is 12.8 Å². The van der Waals surface area contributed by atoms with Crippen LogP contribution in [0.15, 0.2) is 17.2 Å². The Hall–Kier alpha value is -0.940. The summed E-state index contributed by atoms with van der Waals surface area (Å²) in [5.74, 6) is 0.692. The Morgan fingerprint density at radius 3 is 2.89 bits per heavy atom. The van der Waals surface area contributed by atoms with Gasteiger partial charge in [0.15, 0.2) is 5.11 Å². The molecule has 1 aromatic heterocycles. The Balaban J connectivity index is 1.76. The van der Waals surface area contributed by atoms with Gasteiger partial charge in [-0.25, -0.2) is 0 Å². The molecule has 0 aliphatic heterocycles. The SMILES string of the molecule is Cc1ccc(/C=N\NC(=S)N[C@@H]2CCCC[C@H]2C)s1. The number of hydrogen-bond donors (Lipinski definition) is 2. The molecule has 3 nitrogen and oxygen atoms in total. The first-order valence-electron chi connectivity index (χ1n) is 6.81. The molecule has 19 heavy (non-hydrogen) atoms. The van der Waals surface area contributed by atoms with Crippen molar-refractivity contribution in [2.45, 2.75) is 45.6 Å². The zero-order chi connectivity index (χ0) is 13.7. The minimum Gasteiger partial charge on any atom is -0.358 e. The number of nitrogens with one attached hydrogen (secondary N) is 2. The van der Waals surface area contributed by atoms with E-state index in [0.717, 1.165) is 4.88 Å². The fraction of sp³-hybridized carbons (Fsp3) is 0.571. The predicted octanol–water partition coefficient (Wildman–Crippen LogP) is 3.43. The van der Waals surface area contributed by atoms with Crippen LogP contribution in [0.5, 0.6) is 0 Å². The van der Waals surface area contributed by atoms with Crippen LogP contribution in [-0.4, -0.2) is 17.4 Å². The Morgan fingerprint density at radius 1 is 1.42 bits per heavy atom. The van der Waals surface area contributed by atoms with E-state index in [0.29, 0.717) is 17.1 Å². The van der Waals surface area contributed by atoms with E-state index in [4.69, 9.17) is 12.2 Å². The molecule has 1 aliphatic rings. The number of thiocarbonyl (C=S) groups is 1. The van der Waals surface area contributed by atoms with Crippen molar-refractivity contribution in [1.82, 2.24) is 10.7 Å². The summed E-state index contributed by atoms with van der Waals surface area (Å²) in [4.78, 5) is 2.43. The van der Waals surface area contributed by atoms with Gasteiger partial charge in [0, 0.05) is 15.8 Å². The third kappa shape index (κ3) is 4.58. The van der Waals surface area contributed by atoms with Gasteiger partial charge in [-0.3, -0.25) is 5.43 Å². The van der Waals surface area contributed by atoms with Crippen LogP contribution in [0.4, 0.5) is 0 Å². The highest BCUT2D eigenvalue weighted by Crippen LogP contribution is 2.23. The van der Waals surface area contributed by atoms with Crippen molar-refractivity contribution >= 4 is 34.9 Å². The van der Waals surface area contributed by atoms with Crippen molar-refractivity contribution in [3.8, 4) is 0 Å². The lowest BCUT2D eigenvalue weighted by Gasteiger charge is -2.30. The highest BCUT2D eigenvalue weighted by molar-refractivity contribution is 7.80. The lowest BCUT2D eigenvalue weighted by molar-refractivity contribution is 0.308. The molecule has 0 spiro atoms. The van der Waals surface area contributed by atoms with Crippen LogP contribution in [-0.2, 0) is 0 Å². The lowest BCUT2D eigenvalue weighted by Crippen LogP contribution is -2.44. The monoisotopic (exact) mass is 295 g/mol. The first-order valence-corrected chi connectivity index (χ1v) is 8.03.